The van der Waals surface area contributed by atoms with E-state index in [1.807, 2.05) is 24.3 Å². The summed E-state index contributed by atoms with van der Waals surface area (Å²) < 4.78 is 0.537. The van der Waals surface area contributed by atoms with Gasteiger partial charge >= 0.3 is 0 Å². The summed E-state index contributed by atoms with van der Waals surface area (Å²) in [6.07, 6.45) is 4.32. The van der Waals surface area contributed by atoms with Crippen molar-refractivity contribution >= 4 is 50.7 Å². The number of rotatable bonds is 2. The monoisotopic (exact) mass is 401 g/mol. The Balaban J connectivity index is 1.37. The third-order valence-corrected chi connectivity index (χ3v) is 7.38. The Labute approximate surface area is 149 Å². The van der Waals surface area contributed by atoms with Gasteiger partial charge in [0.25, 0.3) is 0 Å². The van der Waals surface area contributed by atoms with Crippen LogP contribution in [-0.2, 0) is 4.79 Å². The molecule has 0 bridgehead atoms. The second kappa shape index (κ2) is 5.39. The first-order chi connectivity index (χ1) is 10.5. The molecule has 0 heterocycles. The van der Waals surface area contributed by atoms with Gasteiger partial charge in [-0.1, -0.05) is 15.9 Å². The standard InChI is InChI=1S/C17H18BrCl2NO/c18-9-1-3-10(4-2-9)21-16(22)15-11-5-7-13-14(17(13,19)20)8-6-12(11)15/h1-4,11-15H,5-8H2,(H,21,22)/t11-,12-,13+,14+/m0/s1. The normalized spacial score (nSPS) is 38.0. The van der Waals surface area contributed by atoms with E-state index in [1.165, 1.54) is 0 Å². The lowest BCUT2D eigenvalue weighted by atomic mass is 10.0. The van der Waals surface area contributed by atoms with Crippen LogP contribution in [0.5, 0.6) is 0 Å². The van der Waals surface area contributed by atoms with E-state index in [2.05, 4.69) is 21.2 Å². The first-order valence-corrected chi connectivity index (χ1v) is 9.47. The molecule has 0 unspecified atom stereocenters. The molecule has 1 N–H and O–H groups in total. The zero-order valence-corrected chi connectivity index (χ0v) is 15.2. The van der Waals surface area contributed by atoms with Crippen LogP contribution in [0.2, 0.25) is 0 Å². The molecule has 0 saturated heterocycles. The number of amides is 1. The molecule has 4 rings (SSSR count). The highest BCUT2D eigenvalue weighted by molar-refractivity contribution is 9.10. The van der Waals surface area contributed by atoms with Gasteiger partial charge in [0.1, 0.15) is 4.33 Å². The van der Waals surface area contributed by atoms with Crippen LogP contribution in [0.4, 0.5) is 5.69 Å². The summed E-state index contributed by atoms with van der Waals surface area (Å²) in [5, 5.41) is 3.06. The molecule has 0 spiro atoms. The van der Waals surface area contributed by atoms with Crippen LogP contribution >= 0.6 is 39.1 Å². The summed E-state index contributed by atoms with van der Waals surface area (Å²) in [4.78, 5) is 12.5. The Morgan fingerprint density at radius 3 is 2.14 bits per heavy atom. The maximum atomic E-state index is 12.5. The fourth-order valence-electron chi connectivity index (χ4n) is 4.37. The van der Waals surface area contributed by atoms with Crippen LogP contribution in [0.1, 0.15) is 25.7 Å². The topological polar surface area (TPSA) is 29.1 Å². The molecule has 3 aliphatic rings. The van der Waals surface area contributed by atoms with Crippen molar-refractivity contribution < 1.29 is 4.79 Å². The zero-order chi connectivity index (χ0) is 15.5. The molecule has 4 atom stereocenters. The first kappa shape index (κ1) is 15.3. The van der Waals surface area contributed by atoms with Gasteiger partial charge in [-0.2, -0.15) is 0 Å². The van der Waals surface area contributed by atoms with Crippen molar-refractivity contribution in [1.29, 1.82) is 0 Å². The molecule has 1 aromatic rings. The minimum atomic E-state index is -0.480. The Kier molecular flexibility index (Phi) is 3.75. The Morgan fingerprint density at radius 1 is 1.05 bits per heavy atom. The van der Waals surface area contributed by atoms with Gasteiger partial charge < -0.3 is 5.32 Å². The predicted octanol–water partition coefficient (Wildman–Crippen LogP) is 5.24. The molecule has 0 radical (unpaired) electrons. The van der Waals surface area contributed by atoms with Crippen molar-refractivity contribution in [3.05, 3.63) is 28.7 Å². The Morgan fingerprint density at radius 2 is 1.59 bits per heavy atom. The van der Waals surface area contributed by atoms with E-state index in [0.717, 1.165) is 35.8 Å². The minimum absolute atomic E-state index is 0.177. The van der Waals surface area contributed by atoms with E-state index >= 15 is 0 Å². The molecule has 3 aliphatic carbocycles. The molecule has 118 valence electrons. The number of anilines is 1. The number of halogens is 3. The molecule has 1 aromatic carbocycles. The quantitative estimate of drug-likeness (QED) is 0.673. The van der Waals surface area contributed by atoms with Gasteiger partial charge in [0.05, 0.1) is 0 Å². The molecule has 5 heteroatoms. The van der Waals surface area contributed by atoms with Crippen molar-refractivity contribution in [3.8, 4) is 0 Å². The number of nitrogens with one attached hydrogen (secondary N) is 1. The van der Waals surface area contributed by atoms with E-state index in [1.54, 1.807) is 0 Å². The van der Waals surface area contributed by atoms with Crippen LogP contribution in [0.25, 0.3) is 0 Å². The Hall–Kier alpha value is -0.250. The highest BCUT2D eigenvalue weighted by Gasteiger charge is 2.65. The average molecular weight is 403 g/mol. The lowest BCUT2D eigenvalue weighted by Crippen LogP contribution is -2.15. The van der Waals surface area contributed by atoms with E-state index in [-0.39, 0.29) is 11.8 Å². The van der Waals surface area contributed by atoms with Gasteiger partial charge in [-0.3, -0.25) is 4.79 Å². The van der Waals surface area contributed by atoms with E-state index < -0.39 is 4.33 Å². The molecule has 2 nitrogen and oxygen atoms in total. The molecule has 0 aromatic heterocycles. The largest absolute Gasteiger partial charge is 0.326 e. The smallest absolute Gasteiger partial charge is 0.228 e. The minimum Gasteiger partial charge on any atom is -0.326 e. The number of hydrogen-bond acceptors (Lipinski definition) is 1. The summed E-state index contributed by atoms with van der Waals surface area (Å²) in [5.74, 6) is 2.32. The van der Waals surface area contributed by atoms with Gasteiger partial charge in [0.2, 0.25) is 5.91 Å². The van der Waals surface area contributed by atoms with E-state index in [0.29, 0.717) is 23.7 Å². The van der Waals surface area contributed by atoms with Crippen molar-refractivity contribution in [2.45, 2.75) is 30.0 Å². The summed E-state index contributed by atoms with van der Waals surface area (Å²) in [7, 11) is 0. The third kappa shape index (κ3) is 2.59. The average Bonchev–Trinajstić information content (AvgIpc) is 3.26. The number of hydrogen-bond donors (Lipinski definition) is 1. The molecule has 1 amide bonds. The molecule has 3 fully saturated rings. The van der Waals surface area contributed by atoms with Gasteiger partial charge in [0, 0.05) is 16.1 Å². The van der Waals surface area contributed by atoms with E-state index in [9.17, 15) is 4.79 Å². The van der Waals surface area contributed by atoms with Crippen LogP contribution in [0, 0.1) is 29.6 Å². The Bertz CT molecular complexity index is 581. The van der Waals surface area contributed by atoms with E-state index in [4.69, 9.17) is 23.2 Å². The summed E-state index contributed by atoms with van der Waals surface area (Å²) in [6.45, 7) is 0. The first-order valence-electron chi connectivity index (χ1n) is 7.92. The van der Waals surface area contributed by atoms with Crippen LogP contribution in [0.3, 0.4) is 0 Å². The molecular formula is C17H18BrCl2NO. The maximum Gasteiger partial charge on any atom is 0.228 e. The lowest BCUT2D eigenvalue weighted by Gasteiger charge is -2.05. The molecule has 3 saturated carbocycles. The number of benzene rings is 1. The highest BCUT2D eigenvalue weighted by Crippen LogP contribution is 2.67. The number of carbonyl (C=O) groups excluding carboxylic acids is 1. The van der Waals surface area contributed by atoms with Crippen molar-refractivity contribution in [1.82, 2.24) is 0 Å². The molecular weight excluding hydrogens is 385 g/mol. The van der Waals surface area contributed by atoms with Gasteiger partial charge in [-0.15, -0.1) is 23.2 Å². The zero-order valence-electron chi connectivity index (χ0n) is 12.1. The second-order valence-corrected chi connectivity index (χ2v) is 9.25. The van der Waals surface area contributed by atoms with Crippen molar-refractivity contribution in [2.24, 2.45) is 29.6 Å². The number of alkyl halides is 2. The van der Waals surface area contributed by atoms with Crippen LogP contribution in [-0.4, -0.2) is 10.2 Å². The van der Waals surface area contributed by atoms with Gasteiger partial charge in [-0.05, 0) is 73.6 Å². The van der Waals surface area contributed by atoms with Crippen LogP contribution < -0.4 is 5.32 Å². The van der Waals surface area contributed by atoms with Crippen molar-refractivity contribution in [2.75, 3.05) is 5.32 Å². The third-order valence-electron chi connectivity index (χ3n) is 5.73. The second-order valence-electron chi connectivity index (χ2n) is 6.89. The summed E-state index contributed by atoms with van der Waals surface area (Å²) in [6, 6.07) is 7.74. The highest BCUT2D eigenvalue weighted by atomic mass is 79.9. The summed E-state index contributed by atoms with van der Waals surface area (Å²) in [5.41, 5.74) is 0.871. The number of fused-ring (bicyclic) bond motifs is 2. The summed E-state index contributed by atoms with van der Waals surface area (Å²) >= 11 is 16.0. The van der Waals surface area contributed by atoms with Gasteiger partial charge in [-0.25, -0.2) is 0 Å². The maximum absolute atomic E-state index is 12.5. The number of carbonyl (C=O) groups is 1. The molecule has 0 aliphatic heterocycles. The lowest BCUT2D eigenvalue weighted by molar-refractivity contribution is -0.117. The predicted molar refractivity (Wildman–Crippen MR) is 93.1 cm³/mol. The molecule has 22 heavy (non-hydrogen) atoms. The fourth-order valence-corrected chi connectivity index (χ4v) is 5.55. The SMILES string of the molecule is O=C(Nc1ccc(Br)cc1)C1[C@H]2CC[C@@H]3[C@@H](CC[C@H]12)C3(Cl)Cl. The van der Waals surface area contributed by atoms with Crippen LogP contribution in [0.15, 0.2) is 28.7 Å². The van der Waals surface area contributed by atoms with Gasteiger partial charge in [0.15, 0.2) is 0 Å². The fraction of sp³-hybridized carbons (Fsp3) is 0.588. The van der Waals surface area contributed by atoms with Crippen molar-refractivity contribution in [3.63, 3.8) is 0 Å².